The first kappa shape index (κ1) is 18.3. The first-order valence-electron chi connectivity index (χ1n) is 8.20. The van der Waals surface area contributed by atoms with E-state index in [4.69, 9.17) is 0 Å². The minimum absolute atomic E-state index is 0.0136. The van der Waals surface area contributed by atoms with E-state index in [-0.39, 0.29) is 17.9 Å². The summed E-state index contributed by atoms with van der Waals surface area (Å²) in [6.45, 7) is 3.86. The largest absolute Gasteiger partial charge is 0.354 e. The number of nitrogens with one attached hydrogen (secondary N) is 2. The Balaban J connectivity index is 1.60. The van der Waals surface area contributed by atoms with Crippen LogP contribution in [-0.4, -0.2) is 22.8 Å². The SMILES string of the molecule is CC(C)NC(=O)Cc1ccc(NC(=O)c2csc(-c3cccs3)n2)cc1. The van der Waals surface area contributed by atoms with E-state index < -0.39 is 0 Å². The first-order chi connectivity index (χ1) is 12.5. The molecule has 0 saturated carbocycles. The summed E-state index contributed by atoms with van der Waals surface area (Å²) < 4.78 is 0. The highest BCUT2D eigenvalue weighted by Crippen LogP contribution is 2.28. The van der Waals surface area contributed by atoms with Crippen LogP contribution in [0.1, 0.15) is 29.9 Å². The van der Waals surface area contributed by atoms with Gasteiger partial charge in [-0.25, -0.2) is 4.98 Å². The molecule has 2 amide bonds. The summed E-state index contributed by atoms with van der Waals surface area (Å²) in [5.41, 5.74) is 1.97. The molecule has 7 heteroatoms. The Hall–Kier alpha value is -2.51. The summed E-state index contributed by atoms with van der Waals surface area (Å²) in [6, 6.07) is 11.3. The van der Waals surface area contributed by atoms with E-state index in [0.717, 1.165) is 15.4 Å². The lowest BCUT2D eigenvalue weighted by molar-refractivity contribution is -0.120. The second-order valence-electron chi connectivity index (χ2n) is 6.07. The Labute approximate surface area is 160 Å². The zero-order chi connectivity index (χ0) is 18.5. The molecule has 0 aliphatic carbocycles. The molecule has 26 heavy (non-hydrogen) atoms. The van der Waals surface area contributed by atoms with Crippen molar-refractivity contribution in [1.82, 2.24) is 10.3 Å². The predicted octanol–water partition coefficient (Wildman–Crippen LogP) is 4.19. The van der Waals surface area contributed by atoms with Gasteiger partial charge in [0.1, 0.15) is 10.7 Å². The predicted molar refractivity (Wildman–Crippen MR) is 107 cm³/mol. The van der Waals surface area contributed by atoms with Gasteiger partial charge in [0, 0.05) is 17.1 Å². The fourth-order valence-electron chi connectivity index (χ4n) is 2.35. The molecule has 0 saturated heterocycles. The van der Waals surface area contributed by atoms with E-state index in [1.807, 2.05) is 43.5 Å². The van der Waals surface area contributed by atoms with Crippen LogP contribution in [0.3, 0.4) is 0 Å². The van der Waals surface area contributed by atoms with Gasteiger partial charge >= 0.3 is 0 Å². The number of hydrogen-bond donors (Lipinski definition) is 2. The van der Waals surface area contributed by atoms with Crippen molar-refractivity contribution in [3.8, 4) is 9.88 Å². The number of hydrogen-bond acceptors (Lipinski definition) is 5. The molecule has 0 unspecified atom stereocenters. The molecule has 5 nitrogen and oxygen atoms in total. The molecule has 3 aromatic rings. The van der Waals surface area contributed by atoms with Crippen LogP contribution in [-0.2, 0) is 11.2 Å². The monoisotopic (exact) mass is 385 g/mol. The van der Waals surface area contributed by atoms with Crippen LogP contribution in [0.15, 0.2) is 47.2 Å². The van der Waals surface area contributed by atoms with Crippen LogP contribution in [0.4, 0.5) is 5.69 Å². The van der Waals surface area contributed by atoms with E-state index in [1.54, 1.807) is 28.8 Å². The summed E-state index contributed by atoms with van der Waals surface area (Å²) in [5, 5.41) is 10.3. The maximum atomic E-state index is 12.4. The molecule has 0 atom stereocenters. The van der Waals surface area contributed by atoms with E-state index in [1.165, 1.54) is 11.3 Å². The Kier molecular flexibility index (Phi) is 5.80. The fraction of sp³-hybridized carbons (Fsp3) is 0.211. The highest BCUT2D eigenvalue weighted by atomic mass is 32.1. The maximum absolute atomic E-state index is 12.4. The molecule has 0 aliphatic heterocycles. The molecule has 2 heterocycles. The van der Waals surface area contributed by atoms with Gasteiger partial charge in [-0.2, -0.15) is 0 Å². The van der Waals surface area contributed by atoms with Crippen molar-refractivity contribution in [2.75, 3.05) is 5.32 Å². The number of anilines is 1. The number of rotatable bonds is 6. The van der Waals surface area contributed by atoms with Crippen LogP contribution in [0.25, 0.3) is 9.88 Å². The topological polar surface area (TPSA) is 71.1 Å². The number of thiophene rings is 1. The summed E-state index contributed by atoms with van der Waals surface area (Å²) >= 11 is 3.05. The summed E-state index contributed by atoms with van der Waals surface area (Å²) in [5.74, 6) is -0.255. The second kappa shape index (κ2) is 8.25. The van der Waals surface area contributed by atoms with E-state index >= 15 is 0 Å². The molecule has 0 aliphatic rings. The third kappa shape index (κ3) is 4.77. The first-order valence-corrected chi connectivity index (χ1v) is 9.96. The van der Waals surface area contributed by atoms with Crippen molar-refractivity contribution in [1.29, 1.82) is 0 Å². The average Bonchev–Trinajstić information content (AvgIpc) is 3.27. The smallest absolute Gasteiger partial charge is 0.275 e. The molecule has 2 aromatic heterocycles. The van der Waals surface area contributed by atoms with Crippen LogP contribution in [0.2, 0.25) is 0 Å². The normalized spacial score (nSPS) is 10.7. The molecule has 134 valence electrons. The van der Waals surface area contributed by atoms with Crippen molar-refractivity contribution >= 4 is 40.2 Å². The Morgan fingerprint density at radius 2 is 1.88 bits per heavy atom. The molecule has 3 rings (SSSR count). The van der Waals surface area contributed by atoms with Gasteiger partial charge in [-0.1, -0.05) is 18.2 Å². The molecular weight excluding hydrogens is 366 g/mol. The van der Waals surface area contributed by atoms with Gasteiger partial charge in [-0.3, -0.25) is 9.59 Å². The van der Waals surface area contributed by atoms with Crippen molar-refractivity contribution in [3.63, 3.8) is 0 Å². The lowest BCUT2D eigenvalue weighted by Crippen LogP contribution is -2.31. The highest BCUT2D eigenvalue weighted by Gasteiger charge is 2.13. The van der Waals surface area contributed by atoms with E-state index in [2.05, 4.69) is 15.6 Å². The van der Waals surface area contributed by atoms with Gasteiger partial charge < -0.3 is 10.6 Å². The van der Waals surface area contributed by atoms with Gasteiger partial charge in [-0.05, 0) is 43.0 Å². The van der Waals surface area contributed by atoms with E-state index in [0.29, 0.717) is 17.8 Å². The molecule has 0 bridgehead atoms. The van der Waals surface area contributed by atoms with E-state index in [9.17, 15) is 9.59 Å². The summed E-state index contributed by atoms with van der Waals surface area (Å²) in [4.78, 5) is 29.6. The van der Waals surface area contributed by atoms with Crippen molar-refractivity contribution < 1.29 is 9.59 Å². The summed E-state index contributed by atoms with van der Waals surface area (Å²) in [7, 11) is 0. The average molecular weight is 386 g/mol. The lowest BCUT2D eigenvalue weighted by Gasteiger charge is -2.09. The number of carbonyl (C=O) groups excluding carboxylic acids is 2. The van der Waals surface area contributed by atoms with Crippen LogP contribution >= 0.6 is 22.7 Å². The van der Waals surface area contributed by atoms with Crippen LogP contribution in [0, 0.1) is 0 Å². The third-order valence-corrected chi connectivity index (χ3v) is 5.38. The lowest BCUT2D eigenvalue weighted by atomic mass is 10.1. The Morgan fingerprint density at radius 3 is 2.54 bits per heavy atom. The Morgan fingerprint density at radius 1 is 1.12 bits per heavy atom. The zero-order valence-electron chi connectivity index (χ0n) is 14.5. The highest BCUT2D eigenvalue weighted by molar-refractivity contribution is 7.20. The molecule has 0 radical (unpaired) electrons. The Bertz CT molecular complexity index is 884. The van der Waals surface area contributed by atoms with Crippen molar-refractivity contribution in [2.45, 2.75) is 26.3 Å². The van der Waals surface area contributed by atoms with Crippen molar-refractivity contribution in [2.24, 2.45) is 0 Å². The minimum Gasteiger partial charge on any atom is -0.354 e. The van der Waals surface area contributed by atoms with Gasteiger partial charge in [0.25, 0.3) is 5.91 Å². The van der Waals surface area contributed by atoms with Crippen LogP contribution in [0.5, 0.6) is 0 Å². The molecule has 0 spiro atoms. The zero-order valence-corrected chi connectivity index (χ0v) is 16.1. The standard InChI is InChI=1S/C19H19N3O2S2/c1-12(2)20-17(23)10-13-5-7-14(8-6-13)21-18(24)15-11-26-19(22-15)16-4-3-9-25-16/h3-9,11-12H,10H2,1-2H3,(H,20,23)(H,21,24). The number of aromatic nitrogens is 1. The van der Waals surface area contributed by atoms with Gasteiger partial charge in [-0.15, -0.1) is 22.7 Å². The van der Waals surface area contributed by atoms with Gasteiger partial charge in [0.15, 0.2) is 0 Å². The van der Waals surface area contributed by atoms with Crippen LogP contribution < -0.4 is 10.6 Å². The number of amides is 2. The number of benzene rings is 1. The molecule has 1 aromatic carbocycles. The molecular formula is C19H19N3O2S2. The second-order valence-corrected chi connectivity index (χ2v) is 7.87. The third-order valence-electron chi connectivity index (χ3n) is 3.49. The fourth-order valence-corrected chi connectivity index (χ4v) is 3.97. The van der Waals surface area contributed by atoms with Gasteiger partial charge in [0.2, 0.25) is 5.91 Å². The molecule has 0 fully saturated rings. The minimum atomic E-state index is -0.241. The summed E-state index contributed by atoms with van der Waals surface area (Å²) in [6.07, 6.45) is 0.322. The maximum Gasteiger partial charge on any atom is 0.275 e. The van der Waals surface area contributed by atoms with Crippen molar-refractivity contribution in [3.05, 3.63) is 58.4 Å². The quantitative estimate of drug-likeness (QED) is 0.668. The van der Waals surface area contributed by atoms with Gasteiger partial charge in [0.05, 0.1) is 11.3 Å². The number of nitrogens with zero attached hydrogens (tertiary/aromatic N) is 1. The number of carbonyl (C=O) groups is 2. The number of thiazole rings is 1. The molecule has 2 N–H and O–H groups in total.